The number of carbonyl (C=O) groups is 1. The first-order chi connectivity index (χ1) is 11.0. The molecule has 1 aliphatic carbocycles. The van der Waals surface area contributed by atoms with Crippen molar-refractivity contribution in [1.82, 2.24) is 10.2 Å². The van der Waals surface area contributed by atoms with E-state index in [4.69, 9.17) is 0 Å². The van der Waals surface area contributed by atoms with Crippen LogP contribution in [0.1, 0.15) is 68.3 Å². The predicted molar refractivity (Wildman–Crippen MR) is 94.8 cm³/mol. The summed E-state index contributed by atoms with van der Waals surface area (Å²) in [5.74, 6) is 0.824. The maximum Gasteiger partial charge on any atom is 0.254 e. The molecular formula is C20H30N2O. The highest BCUT2D eigenvalue weighted by Crippen LogP contribution is 2.38. The molecule has 0 bridgehead atoms. The monoisotopic (exact) mass is 314 g/mol. The van der Waals surface area contributed by atoms with Crippen molar-refractivity contribution in [3.8, 4) is 0 Å². The molecule has 1 aliphatic heterocycles. The first-order valence-corrected chi connectivity index (χ1v) is 9.06. The minimum Gasteiger partial charge on any atom is -0.334 e. The zero-order valence-corrected chi connectivity index (χ0v) is 14.8. The molecule has 2 aliphatic rings. The molecule has 1 N–H and O–H groups in total. The van der Waals surface area contributed by atoms with E-state index in [1.807, 2.05) is 12.1 Å². The van der Waals surface area contributed by atoms with Crippen LogP contribution < -0.4 is 5.32 Å². The number of nitrogens with zero attached hydrogens (tertiary/aromatic N) is 1. The highest BCUT2D eigenvalue weighted by atomic mass is 16.2. The highest BCUT2D eigenvalue weighted by molar-refractivity contribution is 5.96. The van der Waals surface area contributed by atoms with Gasteiger partial charge in [0.05, 0.1) is 0 Å². The average molecular weight is 314 g/mol. The van der Waals surface area contributed by atoms with Gasteiger partial charge in [0.1, 0.15) is 0 Å². The Morgan fingerprint density at radius 3 is 2.52 bits per heavy atom. The molecule has 0 radical (unpaired) electrons. The molecule has 1 saturated carbocycles. The molecule has 1 aromatic carbocycles. The van der Waals surface area contributed by atoms with Crippen LogP contribution in [0.25, 0.3) is 0 Å². The van der Waals surface area contributed by atoms with Gasteiger partial charge in [0.2, 0.25) is 0 Å². The van der Waals surface area contributed by atoms with Crippen LogP contribution >= 0.6 is 0 Å². The van der Waals surface area contributed by atoms with Gasteiger partial charge in [-0.25, -0.2) is 0 Å². The summed E-state index contributed by atoms with van der Waals surface area (Å²) in [6.07, 6.45) is 4.82. The zero-order valence-electron chi connectivity index (χ0n) is 14.8. The van der Waals surface area contributed by atoms with Gasteiger partial charge in [-0.15, -0.1) is 0 Å². The van der Waals surface area contributed by atoms with Gasteiger partial charge >= 0.3 is 0 Å². The Morgan fingerprint density at radius 2 is 1.96 bits per heavy atom. The lowest BCUT2D eigenvalue weighted by Gasteiger charge is -2.36. The standard InChI is InChI=1S/C20H30N2O/c1-20(2,3)14-22(16-11-12-21-13-16)19(23)18-10-5-4-9-17(18)15-7-6-8-15/h4-5,9-10,15-16,21H,6-8,11-14H2,1-3H3/t16-/m0/s1. The van der Waals surface area contributed by atoms with Gasteiger partial charge in [0, 0.05) is 24.7 Å². The molecule has 0 aromatic heterocycles. The molecule has 3 heteroatoms. The fourth-order valence-electron chi connectivity index (χ4n) is 3.70. The van der Waals surface area contributed by atoms with Crippen LogP contribution in [0.3, 0.4) is 0 Å². The van der Waals surface area contributed by atoms with Crippen LogP contribution in [0, 0.1) is 5.41 Å². The van der Waals surface area contributed by atoms with E-state index in [9.17, 15) is 4.79 Å². The van der Waals surface area contributed by atoms with Crippen molar-refractivity contribution in [1.29, 1.82) is 0 Å². The maximum atomic E-state index is 13.4. The van der Waals surface area contributed by atoms with Gasteiger partial charge in [-0.05, 0) is 48.8 Å². The normalized spacial score (nSPS) is 22.0. The number of rotatable bonds is 4. The van der Waals surface area contributed by atoms with Gasteiger partial charge < -0.3 is 10.2 Å². The highest BCUT2D eigenvalue weighted by Gasteiger charge is 2.33. The van der Waals surface area contributed by atoms with Crippen molar-refractivity contribution in [2.75, 3.05) is 19.6 Å². The van der Waals surface area contributed by atoms with Crippen LogP contribution in [0.15, 0.2) is 24.3 Å². The molecule has 1 amide bonds. The van der Waals surface area contributed by atoms with E-state index in [1.165, 1.54) is 24.8 Å². The smallest absolute Gasteiger partial charge is 0.254 e. The Balaban J connectivity index is 1.88. The molecule has 2 fully saturated rings. The second-order valence-corrected chi connectivity index (χ2v) is 8.36. The molecule has 1 heterocycles. The molecule has 3 rings (SSSR count). The van der Waals surface area contributed by atoms with Crippen LogP contribution in [0.2, 0.25) is 0 Å². The van der Waals surface area contributed by atoms with Gasteiger partial charge in [-0.2, -0.15) is 0 Å². The number of benzene rings is 1. The summed E-state index contributed by atoms with van der Waals surface area (Å²) in [6.45, 7) is 9.40. The van der Waals surface area contributed by atoms with Crippen LogP contribution in [-0.2, 0) is 0 Å². The Morgan fingerprint density at radius 1 is 1.22 bits per heavy atom. The molecule has 23 heavy (non-hydrogen) atoms. The van der Waals surface area contributed by atoms with Crippen LogP contribution in [0.5, 0.6) is 0 Å². The molecule has 1 atom stereocenters. The molecular weight excluding hydrogens is 284 g/mol. The summed E-state index contributed by atoms with van der Waals surface area (Å²) in [5.41, 5.74) is 2.32. The van der Waals surface area contributed by atoms with Gasteiger partial charge in [-0.1, -0.05) is 45.4 Å². The Hall–Kier alpha value is -1.35. The van der Waals surface area contributed by atoms with Crippen molar-refractivity contribution < 1.29 is 4.79 Å². The Bertz CT molecular complexity index is 551. The third-order valence-electron chi connectivity index (χ3n) is 5.12. The lowest BCUT2D eigenvalue weighted by atomic mass is 9.78. The van der Waals surface area contributed by atoms with Gasteiger partial charge in [0.25, 0.3) is 5.91 Å². The fraction of sp³-hybridized carbons (Fsp3) is 0.650. The molecule has 0 unspecified atom stereocenters. The predicted octanol–water partition coefficient (Wildman–Crippen LogP) is 3.80. The van der Waals surface area contributed by atoms with E-state index >= 15 is 0 Å². The topological polar surface area (TPSA) is 32.3 Å². The third kappa shape index (κ3) is 3.77. The van der Waals surface area contributed by atoms with E-state index in [-0.39, 0.29) is 11.3 Å². The van der Waals surface area contributed by atoms with Crippen LogP contribution in [-0.4, -0.2) is 36.5 Å². The molecule has 1 aromatic rings. The molecule has 1 saturated heterocycles. The number of nitrogens with one attached hydrogen (secondary N) is 1. The third-order valence-corrected chi connectivity index (χ3v) is 5.12. The quantitative estimate of drug-likeness (QED) is 0.916. The number of hydrogen-bond acceptors (Lipinski definition) is 2. The Kier molecular flexibility index (Phi) is 4.77. The molecule has 3 nitrogen and oxygen atoms in total. The summed E-state index contributed by atoms with van der Waals surface area (Å²) in [4.78, 5) is 15.5. The van der Waals surface area contributed by atoms with E-state index in [1.54, 1.807) is 0 Å². The maximum absolute atomic E-state index is 13.4. The Labute approximate surface area is 140 Å². The number of carbonyl (C=O) groups excluding carboxylic acids is 1. The van der Waals surface area contributed by atoms with Crippen molar-refractivity contribution in [2.45, 2.75) is 58.4 Å². The fourth-order valence-corrected chi connectivity index (χ4v) is 3.70. The first kappa shape index (κ1) is 16.5. The first-order valence-electron chi connectivity index (χ1n) is 9.06. The number of hydrogen-bond donors (Lipinski definition) is 1. The zero-order chi connectivity index (χ0) is 16.4. The molecule has 0 spiro atoms. The second kappa shape index (κ2) is 6.64. The van der Waals surface area contributed by atoms with E-state index in [0.717, 1.165) is 31.6 Å². The van der Waals surface area contributed by atoms with Crippen molar-refractivity contribution in [3.05, 3.63) is 35.4 Å². The second-order valence-electron chi connectivity index (χ2n) is 8.36. The lowest BCUT2D eigenvalue weighted by Crippen LogP contribution is -2.46. The SMILES string of the molecule is CC(C)(C)CN(C(=O)c1ccccc1C1CCC1)[C@H]1CCNC1. The minimum absolute atomic E-state index is 0.115. The number of amides is 1. The van der Waals surface area contributed by atoms with Gasteiger partial charge in [-0.3, -0.25) is 4.79 Å². The summed E-state index contributed by atoms with van der Waals surface area (Å²) < 4.78 is 0. The molecule has 126 valence electrons. The van der Waals surface area contributed by atoms with E-state index < -0.39 is 0 Å². The lowest BCUT2D eigenvalue weighted by molar-refractivity contribution is 0.0613. The summed E-state index contributed by atoms with van der Waals surface area (Å²) in [5, 5.41) is 3.41. The van der Waals surface area contributed by atoms with E-state index in [0.29, 0.717) is 12.0 Å². The summed E-state index contributed by atoms with van der Waals surface area (Å²) in [6, 6.07) is 8.62. The van der Waals surface area contributed by atoms with Crippen molar-refractivity contribution >= 4 is 5.91 Å². The van der Waals surface area contributed by atoms with Crippen LogP contribution in [0.4, 0.5) is 0 Å². The summed E-state index contributed by atoms with van der Waals surface area (Å²) >= 11 is 0. The largest absolute Gasteiger partial charge is 0.334 e. The van der Waals surface area contributed by atoms with Crippen molar-refractivity contribution in [2.24, 2.45) is 5.41 Å². The van der Waals surface area contributed by atoms with Gasteiger partial charge in [0.15, 0.2) is 0 Å². The van der Waals surface area contributed by atoms with Crippen molar-refractivity contribution in [3.63, 3.8) is 0 Å². The van der Waals surface area contributed by atoms with E-state index in [2.05, 4.69) is 43.1 Å². The minimum atomic E-state index is 0.115. The summed E-state index contributed by atoms with van der Waals surface area (Å²) in [7, 11) is 0. The average Bonchev–Trinajstić information content (AvgIpc) is 2.96.